The molecule has 7 nitrogen and oxygen atoms in total. The highest BCUT2D eigenvalue weighted by Gasteiger charge is 2.37. The highest BCUT2D eigenvalue weighted by Crippen LogP contribution is 2.28. The summed E-state index contributed by atoms with van der Waals surface area (Å²) in [6, 6.07) is 22.4. The number of imide groups is 2. The zero-order chi connectivity index (χ0) is 27.7. The molecule has 9 heteroatoms. The van der Waals surface area contributed by atoms with Crippen molar-refractivity contribution in [3.8, 4) is 11.4 Å². The van der Waals surface area contributed by atoms with Crippen LogP contribution in [0.4, 0.5) is 10.5 Å². The van der Waals surface area contributed by atoms with E-state index in [1.807, 2.05) is 73.0 Å². The standard InChI is InChI=1S/C30H23Cl2N3O4/c1-18-15-21(16-26-28(36)33-30(38)35(29(26)37)24-9-7-22(31)8-10-24)19(2)34(18)23-11-13-25(14-12-23)39-17-20-5-3-4-6-27(20)32/h3-16H,17H2,1-2H3,(H,33,36,38)/b26-16+. The number of hydrogen-bond donors (Lipinski definition) is 1. The highest BCUT2D eigenvalue weighted by molar-refractivity contribution is 6.39. The minimum Gasteiger partial charge on any atom is -0.489 e. The number of rotatable bonds is 6. The molecule has 1 aromatic heterocycles. The Kier molecular flexibility index (Phi) is 7.28. The number of aryl methyl sites for hydroxylation is 1. The van der Waals surface area contributed by atoms with Crippen LogP contribution in [0.5, 0.6) is 5.75 Å². The molecule has 4 aromatic rings. The topological polar surface area (TPSA) is 80.6 Å². The second kappa shape index (κ2) is 10.8. The van der Waals surface area contributed by atoms with Crippen molar-refractivity contribution < 1.29 is 19.1 Å². The fourth-order valence-corrected chi connectivity index (χ4v) is 4.75. The molecule has 0 atom stereocenters. The van der Waals surface area contributed by atoms with Crippen molar-refractivity contribution in [2.75, 3.05) is 4.90 Å². The van der Waals surface area contributed by atoms with E-state index in [0.717, 1.165) is 27.5 Å². The van der Waals surface area contributed by atoms with E-state index < -0.39 is 17.8 Å². The largest absolute Gasteiger partial charge is 0.489 e. The van der Waals surface area contributed by atoms with Gasteiger partial charge in [0.1, 0.15) is 17.9 Å². The van der Waals surface area contributed by atoms with Crippen LogP contribution >= 0.6 is 23.2 Å². The smallest absolute Gasteiger partial charge is 0.335 e. The summed E-state index contributed by atoms with van der Waals surface area (Å²) in [4.78, 5) is 39.3. The lowest BCUT2D eigenvalue weighted by atomic mass is 10.1. The normalized spacial score (nSPS) is 14.6. The molecule has 5 rings (SSSR count). The molecule has 0 bridgehead atoms. The number of carbonyl (C=O) groups is 3. The van der Waals surface area contributed by atoms with E-state index in [9.17, 15) is 14.4 Å². The predicted octanol–water partition coefficient (Wildman–Crippen LogP) is 6.65. The first-order valence-electron chi connectivity index (χ1n) is 12.1. The highest BCUT2D eigenvalue weighted by atomic mass is 35.5. The van der Waals surface area contributed by atoms with E-state index in [2.05, 4.69) is 5.32 Å². The van der Waals surface area contributed by atoms with Gasteiger partial charge in [-0.1, -0.05) is 41.4 Å². The molecule has 0 spiro atoms. The lowest BCUT2D eigenvalue weighted by molar-refractivity contribution is -0.122. The summed E-state index contributed by atoms with van der Waals surface area (Å²) in [5.41, 5.74) is 4.35. The zero-order valence-electron chi connectivity index (χ0n) is 21.1. The van der Waals surface area contributed by atoms with Crippen molar-refractivity contribution in [1.82, 2.24) is 9.88 Å². The number of hydrogen-bond acceptors (Lipinski definition) is 4. The fraction of sp³-hybridized carbons (Fsp3) is 0.100. The van der Waals surface area contributed by atoms with Gasteiger partial charge in [0.2, 0.25) is 0 Å². The number of nitrogens with zero attached hydrogens (tertiary/aromatic N) is 2. The van der Waals surface area contributed by atoms with Gasteiger partial charge in [0, 0.05) is 32.7 Å². The predicted molar refractivity (Wildman–Crippen MR) is 151 cm³/mol. The Hall–Kier alpha value is -4.33. The first-order chi connectivity index (χ1) is 18.7. The number of barbiturate groups is 1. The molecule has 0 saturated carbocycles. The molecule has 196 valence electrons. The molecule has 3 aromatic carbocycles. The number of halogens is 2. The first-order valence-corrected chi connectivity index (χ1v) is 12.8. The van der Waals surface area contributed by atoms with Crippen LogP contribution < -0.4 is 15.0 Å². The van der Waals surface area contributed by atoms with Crippen LogP contribution in [0.1, 0.15) is 22.5 Å². The van der Waals surface area contributed by atoms with Crippen molar-refractivity contribution in [2.24, 2.45) is 0 Å². The average molecular weight is 560 g/mol. The molecular weight excluding hydrogens is 537 g/mol. The van der Waals surface area contributed by atoms with Crippen LogP contribution in [-0.2, 0) is 16.2 Å². The molecule has 1 aliphatic heterocycles. The lowest BCUT2D eigenvalue weighted by Crippen LogP contribution is -2.54. The first kappa shape index (κ1) is 26.3. The SMILES string of the molecule is Cc1cc(/C=C2\C(=O)NC(=O)N(c3ccc(Cl)cc3)C2=O)c(C)n1-c1ccc(OCc2ccccc2Cl)cc1. The molecule has 0 aliphatic carbocycles. The third-order valence-electron chi connectivity index (χ3n) is 6.40. The summed E-state index contributed by atoms with van der Waals surface area (Å²) in [6.07, 6.45) is 1.51. The van der Waals surface area contributed by atoms with Crippen LogP contribution in [0, 0.1) is 13.8 Å². The molecule has 1 fully saturated rings. The van der Waals surface area contributed by atoms with E-state index >= 15 is 0 Å². The van der Waals surface area contributed by atoms with Gasteiger partial charge in [0.15, 0.2) is 0 Å². The van der Waals surface area contributed by atoms with Gasteiger partial charge in [-0.3, -0.25) is 14.9 Å². The lowest BCUT2D eigenvalue weighted by Gasteiger charge is -2.26. The Labute approximate surface area is 235 Å². The number of benzene rings is 3. The molecule has 2 heterocycles. The second-order valence-corrected chi connectivity index (χ2v) is 9.81. The van der Waals surface area contributed by atoms with Gasteiger partial charge >= 0.3 is 6.03 Å². The Balaban J connectivity index is 1.40. The number of aromatic nitrogens is 1. The third kappa shape index (κ3) is 5.32. The third-order valence-corrected chi connectivity index (χ3v) is 7.02. The van der Waals surface area contributed by atoms with Crippen molar-refractivity contribution in [3.63, 3.8) is 0 Å². The van der Waals surface area contributed by atoms with Gasteiger partial charge in [-0.15, -0.1) is 0 Å². The van der Waals surface area contributed by atoms with E-state index in [-0.39, 0.29) is 5.57 Å². The van der Waals surface area contributed by atoms with Crippen LogP contribution in [0.3, 0.4) is 0 Å². The summed E-state index contributed by atoms with van der Waals surface area (Å²) in [5.74, 6) is -0.768. The molecule has 1 N–H and O–H groups in total. The maximum Gasteiger partial charge on any atom is 0.335 e. The van der Waals surface area contributed by atoms with Crippen LogP contribution in [-0.4, -0.2) is 22.4 Å². The quantitative estimate of drug-likeness (QED) is 0.212. The number of ether oxygens (including phenoxy) is 1. The number of carbonyl (C=O) groups excluding carboxylic acids is 3. The van der Waals surface area contributed by atoms with E-state index in [1.54, 1.807) is 24.3 Å². The van der Waals surface area contributed by atoms with Gasteiger partial charge in [-0.25, -0.2) is 9.69 Å². The van der Waals surface area contributed by atoms with Crippen molar-refractivity contribution in [3.05, 3.63) is 117 Å². The zero-order valence-corrected chi connectivity index (χ0v) is 22.6. The summed E-state index contributed by atoms with van der Waals surface area (Å²) in [5, 5.41) is 3.36. The maximum atomic E-state index is 13.2. The van der Waals surface area contributed by atoms with Crippen molar-refractivity contribution in [2.45, 2.75) is 20.5 Å². The van der Waals surface area contributed by atoms with Gasteiger partial charge in [-0.05, 0) is 86.2 Å². The summed E-state index contributed by atoms with van der Waals surface area (Å²) in [7, 11) is 0. The molecule has 1 aliphatic rings. The molecular formula is C30H23Cl2N3O4. The summed E-state index contributed by atoms with van der Waals surface area (Å²) < 4.78 is 7.90. The maximum absolute atomic E-state index is 13.2. The van der Waals surface area contributed by atoms with E-state index in [0.29, 0.717) is 33.7 Å². The minimum atomic E-state index is -0.813. The summed E-state index contributed by atoms with van der Waals surface area (Å²) in [6.45, 7) is 4.18. The number of nitrogens with one attached hydrogen (secondary N) is 1. The molecule has 0 unspecified atom stereocenters. The van der Waals surface area contributed by atoms with Crippen molar-refractivity contribution in [1.29, 1.82) is 0 Å². The number of anilines is 1. The average Bonchev–Trinajstić information content (AvgIpc) is 3.19. The fourth-order valence-electron chi connectivity index (χ4n) is 4.44. The van der Waals surface area contributed by atoms with Crippen LogP contribution in [0.25, 0.3) is 11.8 Å². The monoisotopic (exact) mass is 559 g/mol. The molecule has 0 radical (unpaired) electrons. The molecule has 4 amide bonds. The Morgan fingerprint density at radius 2 is 1.54 bits per heavy atom. The molecule has 1 saturated heterocycles. The Morgan fingerprint density at radius 3 is 2.23 bits per heavy atom. The van der Waals surface area contributed by atoms with Gasteiger partial charge < -0.3 is 9.30 Å². The Morgan fingerprint density at radius 1 is 0.872 bits per heavy atom. The summed E-state index contributed by atoms with van der Waals surface area (Å²) >= 11 is 12.2. The number of urea groups is 1. The van der Waals surface area contributed by atoms with Crippen LogP contribution in [0.2, 0.25) is 10.0 Å². The van der Waals surface area contributed by atoms with Crippen LogP contribution in [0.15, 0.2) is 84.4 Å². The molecule has 39 heavy (non-hydrogen) atoms. The van der Waals surface area contributed by atoms with E-state index in [4.69, 9.17) is 27.9 Å². The van der Waals surface area contributed by atoms with Gasteiger partial charge in [-0.2, -0.15) is 0 Å². The van der Waals surface area contributed by atoms with E-state index in [1.165, 1.54) is 6.08 Å². The number of amides is 4. The van der Waals surface area contributed by atoms with Crippen molar-refractivity contribution >= 4 is 52.8 Å². The van der Waals surface area contributed by atoms with Gasteiger partial charge in [0.25, 0.3) is 11.8 Å². The van der Waals surface area contributed by atoms with Gasteiger partial charge in [0.05, 0.1) is 5.69 Å². The minimum absolute atomic E-state index is 0.145. The Bertz CT molecular complexity index is 1620. The second-order valence-electron chi connectivity index (χ2n) is 8.97.